The Bertz CT molecular complexity index is 1420. The van der Waals surface area contributed by atoms with Gasteiger partial charge in [0.05, 0.1) is 10.6 Å². The number of nitrogens with one attached hydrogen (secondary N) is 2. The molecule has 0 spiro atoms. The van der Waals surface area contributed by atoms with Gasteiger partial charge in [-0.05, 0) is 48.4 Å². The van der Waals surface area contributed by atoms with Gasteiger partial charge in [-0.25, -0.2) is 4.79 Å². The zero-order valence-corrected chi connectivity index (χ0v) is 18.0. The molecule has 1 amide bonds. The van der Waals surface area contributed by atoms with E-state index in [-0.39, 0.29) is 16.9 Å². The molecule has 7 nitrogen and oxygen atoms in total. The molecular formula is C25H18ClN3O4. The van der Waals surface area contributed by atoms with Crippen LogP contribution in [0.25, 0.3) is 28.3 Å². The number of hydrogen-bond donors (Lipinski definition) is 3. The van der Waals surface area contributed by atoms with Gasteiger partial charge in [0.15, 0.2) is 0 Å². The zero-order valence-electron chi connectivity index (χ0n) is 17.3. The summed E-state index contributed by atoms with van der Waals surface area (Å²) in [4.78, 5) is 26.9. The number of H-pyrrole nitrogens is 1. The largest absolute Gasteiger partial charge is 0.478 e. The number of carbonyl (C=O) groups is 2. The van der Waals surface area contributed by atoms with Crippen molar-refractivity contribution in [3.8, 4) is 17.4 Å². The maximum absolute atomic E-state index is 12.5. The molecule has 0 saturated heterocycles. The van der Waals surface area contributed by atoms with Crippen LogP contribution in [0.3, 0.4) is 0 Å². The van der Waals surface area contributed by atoms with Gasteiger partial charge in [0.2, 0.25) is 0 Å². The number of aromatic carboxylic acids is 1. The second kappa shape index (κ2) is 9.47. The van der Waals surface area contributed by atoms with Gasteiger partial charge in [0.1, 0.15) is 23.2 Å². The molecule has 0 saturated carbocycles. The number of nitrogens with zero attached hydrogens (tertiary/aromatic N) is 1. The number of benzene rings is 2. The van der Waals surface area contributed by atoms with Crippen LogP contribution in [0.4, 0.5) is 0 Å². The molecule has 0 aliphatic heterocycles. The molecule has 2 aromatic heterocycles. The molecule has 0 atom stereocenters. The third kappa shape index (κ3) is 4.81. The van der Waals surface area contributed by atoms with Crippen LogP contribution < -0.4 is 5.32 Å². The number of carbonyl (C=O) groups excluding carboxylic acids is 1. The maximum Gasteiger partial charge on any atom is 0.335 e. The van der Waals surface area contributed by atoms with E-state index in [1.807, 2.05) is 36.5 Å². The third-order valence-corrected chi connectivity index (χ3v) is 5.44. The molecule has 0 unspecified atom stereocenters. The number of hydrogen-bond acceptors (Lipinski definition) is 4. The fourth-order valence-corrected chi connectivity index (χ4v) is 3.67. The molecule has 3 N–H and O–H groups in total. The number of aromatic amines is 1. The van der Waals surface area contributed by atoms with E-state index in [2.05, 4.69) is 10.3 Å². The van der Waals surface area contributed by atoms with Crippen molar-refractivity contribution in [2.24, 2.45) is 0 Å². The summed E-state index contributed by atoms with van der Waals surface area (Å²) in [7, 11) is 0. The van der Waals surface area contributed by atoms with E-state index >= 15 is 0 Å². The quantitative estimate of drug-likeness (QED) is 0.264. The van der Waals surface area contributed by atoms with E-state index in [0.717, 1.165) is 16.5 Å². The summed E-state index contributed by atoms with van der Waals surface area (Å²) in [6.07, 6.45) is 3.85. The Hall–Kier alpha value is -4.28. The molecule has 33 heavy (non-hydrogen) atoms. The Balaban J connectivity index is 1.45. The summed E-state index contributed by atoms with van der Waals surface area (Å²) in [6, 6.07) is 17.2. The number of nitriles is 1. The van der Waals surface area contributed by atoms with Gasteiger partial charge in [-0.2, -0.15) is 5.26 Å². The van der Waals surface area contributed by atoms with Gasteiger partial charge in [0, 0.05) is 35.3 Å². The van der Waals surface area contributed by atoms with E-state index < -0.39 is 11.9 Å². The van der Waals surface area contributed by atoms with Gasteiger partial charge in [-0.15, -0.1) is 0 Å². The number of carboxylic acids is 1. The summed E-state index contributed by atoms with van der Waals surface area (Å²) in [5, 5.41) is 22.8. The van der Waals surface area contributed by atoms with Crippen LogP contribution >= 0.6 is 11.6 Å². The Morgan fingerprint density at radius 2 is 2.00 bits per heavy atom. The minimum atomic E-state index is -1.09. The van der Waals surface area contributed by atoms with Gasteiger partial charge in [0.25, 0.3) is 5.91 Å². The van der Waals surface area contributed by atoms with Crippen LogP contribution in [0, 0.1) is 11.3 Å². The van der Waals surface area contributed by atoms with Crippen molar-refractivity contribution in [2.45, 2.75) is 6.42 Å². The predicted octanol–water partition coefficient (Wildman–Crippen LogP) is 5.05. The lowest BCUT2D eigenvalue weighted by Crippen LogP contribution is -2.26. The first-order valence-electron chi connectivity index (χ1n) is 10.0. The van der Waals surface area contributed by atoms with Crippen molar-refractivity contribution < 1.29 is 19.1 Å². The fourth-order valence-electron chi connectivity index (χ4n) is 3.46. The Labute approximate surface area is 193 Å². The van der Waals surface area contributed by atoms with Crippen molar-refractivity contribution in [3.05, 3.63) is 88.3 Å². The minimum Gasteiger partial charge on any atom is -0.478 e. The fraction of sp³-hybridized carbons (Fsp3) is 0.0800. The first-order chi connectivity index (χ1) is 16.0. The first-order valence-corrected chi connectivity index (χ1v) is 10.4. The van der Waals surface area contributed by atoms with Crippen molar-refractivity contribution >= 4 is 40.5 Å². The van der Waals surface area contributed by atoms with Crippen LogP contribution in [0.5, 0.6) is 0 Å². The predicted molar refractivity (Wildman–Crippen MR) is 125 cm³/mol. The topological polar surface area (TPSA) is 119 Å². The van der Waals surface area contributed by atoms with E-state index in [4.69, 9.17) is 16.0 Å². The second-order valence-electron chi connectivity index (χ2n) is 7.24. The monoisotopic (exact) mass is 459 g/mol. The van der Waals surface area contributed by atoms with Crippen LogP contribution in [0.1, 0.15) is 21.7 Å². The molecule has 0 radical (unpaired) electrons. The average molecular weight is 460 g/mol. The molecule has 0 bridgehead atoms. The van der Waals surface area contributed by atoms with E-state index in [1.54, 1.807) is 12.1 Å². The zero-order chi connectivity index (χ0) is 23.4. The standard InChI is InChI=1S/C25H18ClN3O4/c26-21-7-5-15(25(31)32)12-20(21)23-8-6-18(33-23)11-17(13-27)24(30)28-10-9-16-14-29-22-4-2-1-3-19(16)22/h1-8,11-12,14,29H,9-10H2,(H,28,30)(H,31,32). The molecule has 8 heteroatoms. The van der Waals surface area contributed by atoms with Crippen LogP contribution in [-0.2, 0) is 11.2 Å². The van der Waals surface area contributed by atoms with Crippen molar-refractivity contribution in [3.63, 3.8) is 0 Å². The molecular weight excluding hydrogens is 442 g/mol. The second-order valence-corrected chi connectivity index (χ2v) is 7.64. The summed E-state index contributed by atoms with van der Waals surface area (Å²) >= 11 is 6.18. The first kappa shape index (κ1) is 21.9. The van der Waals surface area contributed by atoms with E-state index in [1.165, 1.54) is 24.3 Å². The average Bonchev–Trinajstić information content (AvgIpc) is 3.45. The highest BCUT2D eigenvalue weighted by molar-refractivity contribution is 6.33. The highest BCUT2D eigenvalue weighted by atomic mass is 35.5. The van der Waals surface area contributed by atoms with Gasteiger partial charge in [-0.3, -0.25) is 4.79 Å². The van der Waals surface area contributed by atoms with Crippen molar-refractivity contribution in [1.29, 1.82) is 5.26 Å². The number of carboxylic acid groups (broad SMARTS) is 1. The number of rotatable bonds is 7. The molecule has 4 aromatic rings. The van der Waals surface area contributed by atoms with Crippen LogP contribution in [0.15, 0.2) is 70.8 Å². The SMILES string of the molecule is N#CC(=Cc1ccc(-c2cc(C(=O)O)ccc2Cl)o1)C(=O)NCCc1c[nH]c2ccccc12. The highest BCUT2D eigenvalue weighted by Crippen LogP contribution is 2.31. The summed E-state index contributed by atoms with van der Waals surface area (Å²) < 4.78 is 5.69. The number of halogens is 1. The summed E-state index contributed by atoms with van der Waals surface area (Å²) in [6.45, 7) is 0.362. The molecule has 4 rings (SSSR count). The lowest BCUT2D eigenvalue weighted by atomic mass is 10.1. The van der Waals surface area contributed by atoms with Crippen molar-refractivity contribution in [1.82, 2.24) is 10.3 Å². The minimum absolute atomic E-state index is 0.0650. The third-order valence-electron chi connectivity index (χ3n) is 5.11. The Morgan fingerprint density at radius 3 is 2.79 bits per heavy atom. The van der Waals surface area contributed by atoms with Gasteiger partial charge in [-0.1, -0.05) is 29.8 Å². The number of amides is 1. The normalized spacial score (nSPS) is 11.3. The van der Waals surface area contributed by atoms with E-state index in [0.29, 0.717) is 29.3 Å². The Morgan fingerprint density at radius 1 is 1.18 bits per heavy atom. The molecule has 0 aliphatic rings. The smallest absolute Gasteiger partial charge is 0.335 e. The maximum atomic E-state index is 12.5. The number of aromatic nitrogens is 1. The van der Waals surface area contributed by atoms with Crippen LogP contribution in [0.2, 0.25) is 5.02 Å². The number of furan rings is 1. The van der Waals surface area contributed by atoms with Gasteiger partial charge < -0.3 is 19.8 Å². The lowest BCUT2D eigenvalue weighted by molar-refractivity contribution is -0.117. The summed E-state index contributed by atoms with van der Waals surface area (Å²) in [5.41, 5.74) is 2.46. The molecule has 0 fully saturated rings. The molecule has 164 valence electrons. The Kier molecular flexibility index (Phi) is 6.29. The van der Waals surface area contributed by atoms with E-state index in [9.17, 15) is 20.0 Å². The molecule has 2 aromatic carbocycles. The van der Waals surface area contributed by atoms with Crippen molar-refractivity contribution in [2.75, 3.05) is 6.54 Å². The number of para-hydroxylation sites is 1. The molecule has 0 aliphatic carbocycles. The number of fused-ring (bicyclic) bond motifs is 1. The summed E-state index contributed by atoms with van der Waals surface area (Å²) in [5.74, 6) is -1.01. The molecule has 2 heterocycles. The lowest BCUT2D eigenvalue weighted by Gasteiger charge is -2.04. The highest BCUT2D eigenvalue weighted by Gasteiger charge is 2.14. The van der Waals surface area contributed by atoms with Gasteiger partial charge >= 0.3 is 5.97 Å². The van der Waals surface area contributed by atoms with Crippen LogP contribution in [-0.4, -0.2) is 28.5 Å².